The summed E-state index contributed by atoms with van der Waals surface area (Å²) in [5.41, 5.74) is -0.948. The first-order chi connectivity index (χ1) is 13.7. The van der Waals surface area contributed by atoms with E-state index in [1.165, 1.54) is 4.90 Å². The summed E-state index contributed by atoms with van der Waals surface area (Å²) in [7, 11) is 2.66. The molecule has 1 aliphatic rings. The summed E-state index contributed by atoms with van der Waals surface area (Å²) in [6, 6.07) is 12.3. The van der Waals surface area contributed by atoms with E-state index < -0.39 is 29.4 Å². The number of Topliss-reactive ketones (excluding diaryl/α,β-unsaturated/α-hetero) is 1. The molecule has 2 aromatic rings. The van der Waals surface area contributed by atoms with Crippen LogP contribution in [0.3, 0.4) is 0 Å². The Bertz CT molecular complexity index is 952. The zero-order valence-corrected chi connectivity index (χ0v) is 17.9. The third-order valence-corrected chi connectivity index (χ3v) is 5.92. The summed E-state index contributed by atoms with van der Waals surface area (Å²) in [6.45, 7) is 0. The van der Waals surface area contributed by atoms with Crippen LogP contribution in [-0.2, 0) is 20.1 Å². The predicted octanol–water partition coefficient (Wildman–Crippen LogP) is 3.06. The van der Waals surface area contributed by atoms with E-state index in [1.807, 2.05) is 0 Å². The van der Waals surface area contributed by atoms with Gasteiger partial charge in [0, 0.05) is 22.7 Å². The lowest BCUT2D eigenvalue weighted by Crippen LogP contribution is -2.66. The lowest BCUT2D eigenvalue weighted by Gasteiger charge is -2.51. The molecule has 0 saturated carbocycles. The van der Waals surface area contributed by atoms with Crippen molar-refractivity contribution in [3.63, 3.8) is 0 Å². The maximum atomic E-state index is 13.1. The van der Waals surface area contributed by atoms with Crippen molar-refractivity contribution in [2.24, 2.45) is 5.92 Å². The van der Waals surface area contributed by atoms with Gasteiger partial charge in [-0.15, -0.1) is 0 Å². The second-order valence-electron chi connectivity index (χ2n) is 6.60. The van der Waals surface area contributed by atoms with Crippen molar-refractivity contribution < 1.29 is 19.4 Å². The Labute approximate surface area is 183 Å². The van der Waals surface area contributed by atoms with Gasteiger partial charge in [-0.3, -0.25) is 4.79 Å². The lowest BCUT2D eigenvalue weighted by atomic mass is 9.75. The topological polar surface area (TPSA) is 78.9 Å². The van der Waals surface area contributed by atoms with Gasteiger partial charge in [-0.1, -0.05) is 47.5 Å². The quantitative estimate of drug-likeness (QED) is 0.419. The van der Waals surface area contributed by atoms with Crippen LogP contribution in [0.5, 0.6) is 0 Å². The summed E-state index contributed by atoms with van der Waals surface area (Å²) in [5, 5.41) is 16.1. The molecule has 2 aromatic carbocycles. The van der Waals surface area contributed by atoms with Gasteiger partial charge in [0.15, 0.2) is 10.8 Å². The van der Waals surface area contributed by atoms with Gasteiger partial charge in [0.1, 0.15) is 5.92 Å². The number of rotatable bonds is 4. The highest BCUT2D eigenvalue weighted by Crippen LogP contribution is 2.44. The fourth-order valence-electron chi connectivity index (χ4n) is 3.49. The molecule has 29 heavy (non-hydrogen) atoms. The molecule has 9 heteroatoms. The first-order valence-corrected chi connectivity index (χ1v) is 9.77. The standard InChI is InChI=1S/C20H18Cl2N2O4S/c1-24-19(29)23-16(11-3-7-13(21)8-4-11)15(17(25)18(26)28-2)20(24,27)12-5-9-14(22)10-6-12/h3-10,15-16,27H,1-2H3,(H,23,29)/t15-,16+,20-/m0/s1. The number of nitrogens with one attached hydrogen (secondary N) is 1. The molecule has 0 aromatic heterocycles. The minimum Gasteiger partial charge on any atom is -0.463 e. The number of carbonyl (C=O) groups excluding carboxylic acids is 2. The summed E-state index contributed by atoms with van der Waals surface area (Å²) in [5.74, 6) is -3.23. The maximum Gasteiger partial charge on any atom is 0.374 e. The number of hydrogen-bond acceptors (Lipinski definition) is 5. The minimum absolute atomic E-state index is 0.205. The molecule has 1 fully saturated rings. The molecule has 6 nitrogen and oxygen atoms in total. The number of ketones is 1. The number of esters is 1. The number of ether oxygens (including phenoxy) is 1. The van der Waals surface area contributed by atoms with Crippen LogP contribution in [0.25, 0.3) is 0 Å². The molecule has 1 heterocycles. The first-order valence-electron chi connectivity index (χ1n) is 8.60. The Morgan fingerprint density at radius 1 is 1.10 bits per heavy atom. The van der Waals surface area contributed by atoms with Gasteiger partial charge in [0.05, 0.1) is 13.2 Å². The van der Waals surface area contributed by atoms with Crippen LogP contribution in [0.1, 0.15) is 17.2 Å². The van der Waals surface area contributed by atoms with Crippen molar-refractivity contribution in [3.8, 4) is 0 Å². The Kier molecular flexibility index (Phi) is 6.14. The van der Waals surface area contributed by atoms with E-state index >= 15 is 0 Å². The van der Waals surface area contributed by atoms with Crippen molar-refractivity contribution in [1.82, 2.24) is 10.2 Å². The Hall–Kier alpha value is -2.19. The molecule has 0 spiro atoms. The van der Waals surface area contributed by atoms with E-state index in [0.29, 0.717) is 21.2 Å². The largest absolute Gasteiger partial charge is 0.463 e. The smallest absolute Gasteiger partial charge is 0.374 e. The van der Waals surface area contributed by atoms with Crippen molar-refractivity contribution in [2.75, 3.05) is 14.2 Å². The van der Waals surface area contributed by atoms with E-state index in [1.54, 1.807) is 55.6 Å². The second-order valence-corrected chi connectivity index (χ2v) is 7.86. The SMILES string of the molecule is COC(=O)C(=O)[C@@H]1[C@@H](c2ccc(Cl)cc2)NC(=S)N(C)[C@]1(O)c1ccc(Cl)cc1. The summed E-state index contributed by atoms with van der Waals surface area (Å²) in [4.78, 5) is 26.6. The zero-order valence-electron chi connectivity index (χ0n) is 15.6. The molecule has 0 unspecified atom stereocenters. The Morgan fingerprint density at radius 2 is 1.62 bits per heavy atom. The zero-order chi connectivity index (χ0) is 21.3. The van der Waals surface area contributed by atoms with E-state index in [0.717, 1.165) is 7.11 Å². The molecular weight excluding hydrogens is 435 g/mol. The van der Waals surface area contributed by atoms with Gasteiger partial charge in [0.2, 0.25) is 0 Å². The number of benzene rings is 2. The van der Waals surface area contributed by atoms with Crippen molar-refractivity contribution in [1.29, 1.82) is 0 Å². The summed E-state index contributed by atoms with van der Waals surface area (Å²) >= 11 is 17.4. The van der Waals surface area contributed by atoms with Gasteiger partial charge >= 0.3 is 5.97 Å². The number of halogens is 2. The maximum absolute atomic E-state index is 13.1. The number of hydrogen-bond donors (Lipinski definition) is 2. The molecule has 1 saturated heterocycles. The molecule has 152 valence electrons. The first kappa shape index (κ1) is 21.5. The number of nitrogens with zero attached hydrogens (tertiary/aromatic N) is 1. The summed E-state index contributed by atoms with van der Waals surface area (Å²) < 4.78 is 4.66. The van der Waals surface area contributed by atoms with E-state index in [-0.39, 0.29) is 5.11 Å². The molecule has 2 N–H and O–H groups in total. The predicted molar refractivity (Wildman–Crippen MR) is 114 cm³/mol. The average Bonchev–Trinajstić information content (AvgIpc) is 2.71. The van der Waals surface area contributed by atoms with Crippen molar-refractivity contribution >= 4 is 52.3 Å². The van der Waals surface area contributed by atoms with Gasteiger partial charge in [-0.05, 0) is 42.0 Å². The minimum atomic E-state index is -1.93. The van der Waals surface area contributed by atoms with Crippen LogP contribution >= 0.6 is 35.4 Å². The van der Waals surface area contributed by atoms with Gasteiger partial charge < -0.3 is 20.1 Å². The van der Waals surface area contributed by atoms with E-state index in [9.17, 15) is 14.7 Å². The monoisotopic (exact) mass is 452 g/mol. The van der Waals surface area contributed by atoms with Gasteiger partial charge in [-0.25, -0.2) is 4.79 Å². The van der Waals surface area contributed by atoms with Crippen LogP contribution < -0.4 is 5.32 Å². The molecular formula is C20H18Cl2N2O4S. The number of thiocarbonyl (C=S) groups is 1. The average molecular weight is 453 g/mol. The number of aliphatic hydroxyl groups is 1. The highest BCUT2D eigenvalue weighted by Gasteiger charge is 2.56. The fraction of sp³-hybridized carbons (Fsp3) is 0.250. The van der Waals surface area contributed by atoms with Crippen molar-refractivity contribution in [3.05, 3.63) is 69.7 Å². The lowest BCUT2D eigenvalue weighted by molar-refractivity contribution is -0.173. The second kappa shape index (κ2) is 8.28. The van der Waals surface area contributed by atoms with Gasteiger partial charge in [-0.2, -0.15) is 0 Å². The van der Waals surface area contributed by atoms with Gasteiger partial charge in [0.25, 0.3) is 5.78 Å². The normalized spacial score (nSPS) is 24.0. The van der Waals surface area contributed by atoms with Crippen molar-refractivity contribution in [2.45, 2.75) is 11.8 Å². The molecule has 3 rings (SSSR count). The Morgan fingerprint density at radius 3 is 2.14 bits per heavy atom. The third kappa shape index (κ3) is 3.83. The Balaban J connectivity index is 2.22. The number of methoxy groups -OCH3 is 1. The molecule has 3 atom stereocenters. The van der Waals surface area contributed by atoms with Crippen LogP contribution in [0.15, 0.2) is 48.5 Å². The molecule has 0 amide bonds. The summed E-state index contributed by atoms with van der Waals surface area (Å²) in [6.07, 6.45) is 0. The number of carbonyl (C=O) groups is 2. The highest BCUT2D eigenvalue weighted by atomic mass is 35.5. The van der Waals surface area contributed by atoms with E-state index in [2.05, 4.69) is 10.1 Å². The molecule has 0 aliphatic carbocycles. The fourth-order valence-corrected chi connectivity index (χ4v) is 4.00. The molecule has 1 aliphatic heterocycles. The van der Waals surface area contributed by atoms with Crippen LogP contribution in [0, 0.1) is 5.92 Å². The molecule has 0 radical (unpaired) electrons. The van der Waals surface area contributed by atoms with Crippen LogP contribution in [-0.4, -0.2) is 41.0 Å². The van der Waals surface area contributed by atoms with Crippen LogP contribution in [0.4, 0.5) is 0 Å². The van der Waals surface area contributed by atoms with Crippen LogP contribution in [0.2, 0.25) is 10.0 Å². The highest BCUT2D eigenvalue weighted by molar-refractivity contribution is 7.80. The van der Waals surface area contributed by atoms with E-state index in [4.69, 9.17) is 35.4 Å². The third-order valence-electron chi connectivity index (χ3n) is 5.03. The molecule has 0 bridgehead atoms.